The third-order valence-electron chi connectivity index (χ3n) is 3.68. The van der Waals surface area contributed by atoms with E-state index in [0.717, 1.165) is 5.56 Å². The van der Waals surface area contributed by atoms with Gasteiger partial charge in [0.2, 0.25) is 0 Å². The molecule has 1 aromatic rings. The molecule has 0 fully saturated rings. The highest BCUT2D eigenvalue weighted by molar-refractivity contribution is 8.42. The quantitative estimate of drug-likeness (QED) is 0.282. The fraction of sp³-hybridized carbons (Fsp3) is 0.400. The first-order chi connectivity index (χ1) is 12.7. The summed E-state index contributed by atoms with van der Waals surface area (Å²) in [6.45, 7) is 4.53. The molecule has 0 atom stereocenters. The zero-order valence-corrected chi connectivity index (χ0v) is 19.9. The summed E-state index contributed by atoms with van der Waals surface area (Å²) in [5.41, 5.74) is 0.972. The van der Waals surface area contributed by atoms with Crippen molar-refractivity contribution >= 4 is 70.6 Å². The molecular formula is C20H22S6. The Morgan fingerprint density at radius 2 is 1.42 bits per heavy atom. The zero-order valence-electron chi connectivity index (χ0n) is 15.0. The molecule has 0 saturated carbocycles. The number of hydrogen-bond donors (Lipinski definition) is 0. The van der Waals surface area contributed by atoms with Crippen LogP contribution in [-0.4, -0.2) is 11.5 Å². The molecule has 6 heteroatoms. The van der Waals surface area contributed by atoms with Gasteiger partial charge in [-0.25, -0.2) is 0 Å². The Labute approximate surface area is 183 Å². The summed E-state index contributed by atoms with van der Waals surface area (Å²) in [6, 6.07) is 6.36. The van der Waals surface area contributed by atoms with Crippen LogP contribution >= 0.6 is 70.6 Å². The van der Waals surface area contributed by atoms with Crippen molar-refractivity contribution in [2.45, 2.75) is 49.3 Å². The van der Waals surface area contributed by atoms with Gasteiger partial charge in [-0.1, -0.05) is 79.7 Å². The Kier molecular flexibility index (Phi) is 8.74. The number of unbranched alkanes of at least 4 members (excludes halogenated alkanes) is 2. The minimum Gasteiger partial charge on any atom is -0.117 e. The first kappa shape index (κ1) is 21.1. The van der Waals surface area contributed by atoms with Gasteiger partial charge >= 0.3 is 0 Å². The lowest BCUT2D eigenvalue weighted by Crippen LogP contribution is -1.80. The maximum atomic E-state index is 5.55. The van der Waals surface area contributed by atoms with E-state index in [1.54, 1.807) is 0 Å². The zero-order chi connectivity index (χ0) is 18.4. The maximum absolute atomic E-state index is 5.55. The summed E-state index contributed by atoms with van der Waals surface area (Å²) in [5, 5.41) is 0. The molecule has 0 unspecified atom stereocenters. The van der Waals surface area contributed by atoms with Crippen molar-refractivity contribution in [2.24, 2.45) is 0 Å². The Morgan fingerprint density at radius 1 is 0.846 bits per heavy atom. The van der Waals surface area contributed by atoms with Crippen LogP contribution in [0.4, 0.5) is 0 Å². The first-order valence-corrected chi connectivity index (χ1v) is 14.0. The van der Waals surface area contributed by atoms with E-state index in [-0.39, 0.29) is 0 Å². The van der Waals surface area contributed by atoms with Gasteiger partial charge in [-0.15, -0.1) is 29.9 Å². The Balaban J connectivity index is 1.72. The van der Waals surface area contributed by atoms with E-state index in [1.807, 2.05) is 76.6 Å². The smallest absolute Gasteiger partial charge is 0.0717 e. The highest BCUT2D eigenvalue weighted by Crippen LogP contribution is 2.64. The van der Waals surface area contributed by atoms with Crippen LogP contribution in [-0.2, 0) is 0 Å². The SMILES string of the molecule is C#Cc1ccc2c(c1)SC(=C1SC(SCCCC)=C(SCCCC)S1)S2. The number of terminal acetylenes is 1. The second kappa shape index (κ2) is 10.8. The van der Waals surface area contributed by atoms with Gasteiger partial charge in [0.15, 0.2) is 0 Å². The van der Waals surface area contributed by atoms with Crippen molar-refractivity contribution in [1.82, 2.24) is 0 Å². The van der Waals surface area contributed by atoms with Crippen LogP contribution in [0.2, 0.25) is 0 Å². The average Bonchev–Trinajstić information content (AvgIpc) is 3.25. The minimum absolute atomic E-state index is 0.972. The molecule has 0 aromatic heterocycles. The normalized spacial score (nSPS) is 16.3. The van der Waals surface area contributed by atoms with Gasteiger partial charge in [0.25, 0.3) is 0 Å². The molecule has 0 amide bonds. The molecule has 0 radical (unpaired) electrons. The first-order valence-electron chi connectivity index (χ1n) is 8.81. The van der Waals surface area contributed by atoms with Gasteiger partial charge in [-0.05, 0) is 42.5 Å². The van der Waals surface area contributed by atoms with E-state index in [0.29, 0.717) is 0 Å². The number of hydrogen-bond acceptors (Lipinski definition) is 6. The highest BCUT2D eigenvalue weighted by Gasteiger charge is 2.29. The fourth-order valence-electron chi connectivity index (χ4n) is 2.22. The lowest BCUT2D eigenvalue weighted by molar-refractivity contribution is 0.897. The van der Waals surface area contributed by atoms with Crippen LogP contribution in [0.1, 0.15) is 45.1 Å². The summed E-state index contributed by atoms with van der Waals surface area (Å²) in [6.07, 6.45) is 10.7. The largest absolute Gasteiger partial charge is 0.117 e. The van der Waals surface area contributed by atoms with Crippen LogP contribution in [0.3, 0.4) is 0 Å². The summed E-state index contributed by atoms with van der Waals surface area (Å²) < 4.78 is 5.92. The molecule has 0 nitrogen and oxygen atoms in total. The topological polar surface area (TPSA) is 0 Å². The molecule has 138 valence electrons. The van der Waals surface area contributed by atoms with Gasteiger partial charge in [-0.3, -0.25) is 0 Å². The molecule has 26 heavy (non-hydrogen) atoms. The van der Waals surface area contributed by atoms with Gasteiger partial charge in [0.1, 0.15) is 0 Å². The molecule has 2 aliphatic heterocycles. The molecule has 1 aromatic carbocycles. The molecule has 0 saturated heterocycles. The van der Waals surface area contributed by atoms with Crippen LogP contribution in [0.25, 0.3) is 0 Å². The Hall–Kier alpha value is 0.360. The second-order valence-electron chi connectivity index (χ2n) is 5.77. The summed E-state index contributed by atoms with van der Waals surface area (Å²) >= 11 is 11.9. The molecule has 3 rings (SSSR count). The predicted octanol–water partition coefficient (Wildman–Crippen LogP) is 8.67. The van der Waals surface area contributed by atoms with E-state index in [1.165, 1.54) is 63.9 Å². The summed E-state index contributed by atoms with van der Waals surface area (Å²) in [4.78, 5) is 2.64. The minimum atomic E-state index is 0.972. The molecule has 2 heterocycles. The third-order valence-corrected chi connectivity index (χ3v) is 12.4. The van der Waals surface area contributed by atoms with Crippen molar-refractivity contribution in [3.8, 4) is 12.3 Å². The molecule has 0 aliphatic carbocycles. The van der Waals surface area contributed by atoms with Crippen molar-refractivity contribution in [3.63, 3.8) is 0 Å². The second-order valence-corrected chi connectivity index (χ2v) is 13.2. The Morgan fingerprint density at radius 3 is 2.00 bits per heavy atom. The molecule has 0 spiro atoms. The average molecular weight is 455 g/mol. The standard InChI is InChI=1S/C20H22S6/c1-4-7-11-21-17-18(22-12-8-5-2)26-20(25-17)19-23-15-10-9-14(6-3)13-16(15)24-19/h3,9-10,13H,4-5,7-8,11-12H2,1-2H3. The lowest BCUT2D eigenvalue weighted by atomic mass is 10.2. The maximum Gasteiger partial charge on any atom is 0.0717 e. The van der Waals surface area contributed by atoms with Gasteiger partial charge in [-0.2, -0.15) is 0 Å². The van der Waals surface area contributed by atoms with Crippen molar-refractivity contribution in [3.05, 3.63) is 40.7 Å². The van der Waals surface area contributed by atoms with Crippen LogP contribution < -0.4 is 0 Å². The fourth-order valence-corrected chi connectivity index (χ4v) is 11.2. The summed E-state index contributed by atoms with van der Waals surface area (Å²) in [7, 11) is 0. The lowest BCUT2D eigenvalue weighted by Gasteiger charge is -2.03. The molecule has 0 bridgehead atoms. The van der Waals surface area contributed by atoms with E-state index >= 15 is 0 Å². The number of fused-ring (bicyclic) bond motifs is 1. The van der Waals surface area contributed by atoms with E-state index in [9.17, 15) is 0 Å². The molecule has 0 N–H and O–H groups in total. The highest BCUT2D eigenvalue weighted by atomic mass is 32.3. The van der Waals surface area contributed by atoms with Crippen molar-refractivity contribution < 1.29 is 0 Å². The molecule has 2 aliphatic rings. The molecular weight excluding hydrogens is 433 g/mol. The van der Waals surface area contributed by atoms with Crippen molar-refractivity contribution in [2.75, 3.05) is 11.5 Å². The number of thioether (sulfide) groups is 6. The van der Waals surface area contributed by atoms with Gasteiger partial charge < -0.3 is 0 Å². The van der Waals surface area contributed by atoms with Crippen LogP contribution in [0.5, 0.6) is 0 Å². The van der Waals surface area contributed by atoms with Gasteiger partial charge in [0.05, 0.1) is 16.9 Å². The monoisotopic (exact) mass is 454 g/mol. The Bertz CT molecular complexity index is 732. The number of benzene rings is 1. The summed E-state index contributed by atoms with van der Waals surface area (Å²) in [5.74, 6) is 5.20. The van der Waals surface area contributed by atoms with Crippen molar-refractivity contribution in [1.29, 1.82) is 0 Å². The van der Waals surface area contributed by atoms with Gasteiger partial charge in [0, 0.05) is 15.4 Å². The third kappa shape index (κ3) is 5.46. The predicted molar refractivity (Wildman–Crippen MR) is 130 cm³/mol. The van der Waals surface area contributed by atoms with E-state index < -0.39 is 0 Å². The number of rotatable bonds is 8. The van der Waals surface area contributed by atoms with Crippen LogP contribution in [0.15, 0.2) is 44.9 Å². The van der Waals surface area contributed by atoms with E-state index in [4.69, 9.17) is 6.42 Å². The van der Waals surface area contributed by atoms with E-state index in [2.05, 4.69) is 31.9 Å². The van der Waals surface area contributed by atoms with Crippen LogP contribution in [0, 0.1) is 12.3 Å².